The minimum atomic E-state index is -0.0576. The Morgan fingerprint density at radius 3 is 2.44 bits per heavy atom. The molecule has 1 aliphatic carbocycles. The van der Waals surface area contributed by atoms with Gasteiger partial charge in [0.15, 0.2) is 6.29 Å². The van der Waals surface area contributed by atoms with Crippen molar-refractivity contribution in [3.8, 4) is 0 Å². The van der Waals surface area contributed by atoms with Gasteiger partial charge in [-0.1, -0.05) is 25.5 Å². The van der Waals surface area contributed by atoms with Crippen LogP contribution in [0.3, 0.4) is 0 Å². The summed E-state index contributed by atoms with van der Waals surface area (Å²) in [5.41, 5.74) is 1.45. The summed E-state index contributed by atoms with van der Waals surface area (Å²) in [5, 5.41) is 0. The fraction of sp³-hybridized carbons (Fsp3) is 0.875. The summed E-state index contributed by atoms with van der Waals surface area (Å²) in [6.07, 6.45) is 4.80. The molecule has 0 radical (unpaired) electrons. The van der Waals surface area contributed by atoms with Crippen LogP contribution in [-0.2, 0) is 9.47 Å². The zero-order valence-electron chi connectivity index (χ0n) is 12.7. The summed E-state index contributed by atoms with van der Waals surface area (Å²) in [6, 6.07) is 0. The van der Waals surface area contributed by atoms with Gasteiger partial charge in [0, 0.05) is 12.3 Å². The van der Waals surface area contributed by atoms with Gasteiger partial charge in [0.1, 0.15) is 0 Å². The second kappa shape index (κ2) is 4.97. The number of allylic oxidation sites excluding steroid dienone is 2. The standard InChI is InChI=1S/C16H28O2/c1-10-7-11(2)14(12(3)8-10)15-17-13(4)9-16(5,6)18-15/h7,11-15H,8-9H2,1-6H3/t11-,12-,13+,14+,15+/m1/s1. The quantitative estimate of drug-likeness (QED) is 0.653. The lowest BCUT2D eigenvalue weighted by Gasteiger charge is -2.46. The maximum atomic E-state index is 6.21. The van der Waals surface area contributed by atoms with Crippen molar-refractivity contribution in [2.45, 2.75) is 72.4 Å². The van der Waals surface area contributed by atoms with E-state index in [-0.39, 0.29) is 11.9 Å². The first-order chi connectivity index (χ1) is 8.28. The van der Waals surface area contributed by atoms with Gasteiger partial charge in [-0.15, -0.1) is 0 Å². The maximum Gasteiger partial charge on any atom is 0.162 e. The molecule has 0 amide bonds. The third kappa shape index (κ3) is 2.97. The average molecular weight is 252 g/mol. The van der Waals surface area contributed by atoms with Gasteiger partial charge in [-0.2, -0.15) is 0 Å². The molecular weight excluding hydrogens is 224 g/mol. The highest BCUT2D eigenvalue weighted by Gasteiger charge is 2.42. The van der Waals surface area contributed by atoms with E-state index in [1.165, 1.54) is 12.0 Å². The summed E-state index contributed by atoms with van der Waals surface area (Å²) < 4.78 is 12.3. The first-order valence-corrected chi connectivity index (χ1v) is 7.29. The molecule has 2 nitrogen and oxygen atoms in total. The monoisotopic (exact) mass is 252 g/mol. The van der Waals surface area contributed by atoms with Crippen LogP contribution in [0.4, 0.5) is 0 Å². The molecule has 0 saturated carbocycles. The number of hydrogen-bond donors (Lipinski definition) is 0. The molecule has 2 rings (SSSR count). The minimum Gasteiger partial charge on any atom is -0.349 e. The molecule has 0 aromatic carbocycles. The summed E-state index contributed by atoms with van der Waals surface area (Å²) in [4.78, 5) is 0. The molecule has 0 aromatic heterocycles. The van der Waals surface area contributed by atoms with Crippen LogP contribution in [-0.4, -0.2) is 18.0 Å². The van der Waals surface area contributed by atoms with Gasteiger partial charge < -0.3 is 9.47 Å². The van der Waals surface area contributed by atoms with E-state index in [1.54, 1.807) is 0 Å². The summed E-state index contributed by atoms with van der Waals surface area (Å²) in [5.74, 6) is 1.66. The van der Waals surface area contributed by atoms with Crippen LogP contribution in [0.5, 0.6) is 0 Å². The average Bonchev–Trinajstić information content (AvgIpc) is 2.11. The summed E-state index contributed by atoms with van der Waals surface area (Å²) in [6.45, 7) is 13.4. The summed E-state index contributed by atoms with van der Waals surface area (Å²) >= 11 is 0. The Morgan fingerprint density at radius 1 is 1.22 bits per heavy atom. The van der Waals surface area contributed by atoms with Crippen LogP contribution >= 0.6 is 0 Å². The third-order valence-electron chi connectivity index (χ3n) is 4.35. The Morgan fingerprint density at radius 2 is 1.89 bits per heavy atom. The molecule has 0 N–H and O–H groups in total. The molecule has 1 aliphatic heterocycles. The maximum absolute atomic E-state index is 6.21. The van der Waals surface area contributed by atoms with Gasteiger partial charge in [0.2, 0.25) is 0 Å². The molecule has 0 bridgehead atoms. The molecule has 104 valence electrons. The topological polar surface area (TPSA) is 18.5 Å². The molecule has 0 spiro atoms. The molecule has 2 heteroatoms. The molecule has 0 aromatic rings. The largest absolute Gasteiger partial charge is 0.349 e. The van der Waals surface area contributed by atoms with Crippen LogP contribution in [0.15, 0.2) is 11.6 Å². The predicted octanol–water partition coefficient (Wildman–Crippen LogP) is 4.15. The lowest BCUT2D eigenvalue weighted by molar-refractivity contribution is -0.296. The van der Waals surface area contributed by atoms with Gasteiger partial charge >= 0.3 is 0 Å². The van der Waals surface area contributed by atoms with Crippen molar-refractivity contribution in [3.63, 3.8) is 0 Å². The minimum absolute atomic E-state index is 0.0434. The first-order valence-electron chi connectivity index (χ1n) is 7.29. The van der Waals surface area contributed by atoms with Crippen molar-refractivity contribution in [2.75, 3.05) is 0 Å². The Kier molecular flexibility index (Phi) is 3.89. The summed E-state index contributed by atoms with van der Waals surface area (Å²) in [7, 11) is 0. The number of hydrogen-bond acceptors (Lipinski definition) is 2. The van der Waals surface area contributed by atoms with Crippen LogP contribution in [0.1, 0.15) is 54.4 Å². The Bertz CT molecular complexity index is 332. The number of ether oxygens (including phenoxy) is 2. The molecule has 18 heavy (non-hydrogen) atoms. The van der Waals surface area contributed by atoms with E-state index in [4.69, 9.17) is 9.47 Å². The van der Waals surface area contributed by atoms with Crippen LogP contribution in [0.2, 0.25) is 0 Å². The predicted molar refractivity (Wildman–Crippen MR) is 74.3 cm³/mol. The SMILES string of the molecule is CC1=C[C@@H](C)[C@H]([C@H]2O[C@@H](C)CC(C)(C)O2)[C@H](C)C1. The Labute approximate surface area is 112 Å². The van der Waals surface area contributed by atoms with E-state index in [9.17, 15) is 0 Å². The lowest BCUT2D eigenvalue weighted by atomic mass is 9.74. The lowest BCUT2D eigenvalue weighted by Crippen LogP contribution is -2.49. The highest BCUT2D eigenvalue weighted by molar-refractivity contribution is 5.09. The molecule has 5 atom stereocenters. The van der Waals surface area contributed by atoms with Gasteiger partial charge in [-0.05, 0) is 46.0 Å². The normalized spacial score (nSPS) is 44.6. The van der Waals surface area contributed by atoms with Gasteiger partial charge in [-0.3, -0.25) is 0 Å². The highest BCUT2D eigenvalue weighted by Crippen LogP contribution is 2.41. The molecule has 1 saturated heterocycles. The van der Waals surface area contributed by atoms with Crippen molar-refractivity contribution in [1.29, 1.82) is 0 Å². The molecule has 1 heterocycles. The van der Waals surface area contributed by atoms with Crippen LogP contribution < -0.4 is 0 Å². The zero-order chi connectivity index (χ0) is 13.5. The van der Waals surface area contributed by atoms with E-state index < -0.39 is 0 Å². The van der Waals surface area contributed by atoms with E-state index in [0.717, 1.165) is 6.42 Å². The van der Waals surface area contributed by atoms with Crippen molar-refractivity contribution < 1.29 is 9.47 Å². The molecular formula is C16H28O2. The first kappa shape index (κ1) is 14.1. The van der Waals surface area contributed by atoms with E-state index in [2.05, 4.69) is 47.6 Å². The van der Waals surface area contributed by atoms with E-state index in [1.807, 2.05) is 0 Å². The molecule has 0 unspecified atom stereocenters. The Balaban J connectivity index is 2.15. The fourth-order valence-corrected chi connectivity index (χ4v) is 3.84. The van der Waals surface area contributed by atoms with E-state index in [0.29, 0.717) is 23.9 Å². The Hall–Kier alpha value is -0.340. The smallest absolute Gasteiger partial charge is 0.162 e. The van der Waals surface area contributed by atoms with Gasteiger partial charge in [0.05, 0.1) is 11.7 Å². The second-order valence-corrected chi connectivity index (χ2v) is 7.03. The number of rotatable bonds is 1. The van der Waals surface area contributed by atoms with Crippen molar-refractivity contribution >= 4 is 0 Å². The highest BCUT2D eigenvalue weighted by atomic mass is 16.7. The van der Waals surface area contributed by atoms with Crippen molar-refractivity contribution in [2.24, 2.45) is 17.8 Å². The molecule has 1 fully saturated rings. The third-order valence-corrected chi connectivity index (χ3v) is 4.35. The molecule has 2 aliphatic rings. The van der Waals surface area contributed by atoms with E-state index >= 15 is 0 Å². The zero-order valence-corrected chi connectivity index (χ0v) is 12.7. The van der Waals surface area contributed by atoms with Gasteiger partial charge in [0.25, 0.3) is 0 Å². The van der Waals surface area contributed by atoms with Crippen LogP contribution in [0.25, 0.3) is 0 Å². The second-order valence-electron chi connectivity index (χ2n) is 7.03. The fourth-order valence-electron chi connectivity index (χ4n) is 3.84. The van der Waals surface area contributed by atoms with Gasteiger partial charge in [-0.25, -0.2) is 0 Å². The van der Waals surface area contributed by atoms with Crippen molar-refractivity contribution in [3.05, 3.63) is 11.6 Å². The van der Waals surface area contributed by atoms with Crippen molar-refractivity contribution in [1.82, 2.24) is 0 Å². The van der Waals surface area contributed by atoms with Crippen LogP contribution in [0, 0.1) is 17.8 Å².